The first-order valence-corrected chi connectivity index (χ1v) is 3.91. The lowest BCUT2D eigenvalue weighted by Crippen LogP contribution is -2.20. The molecule has 0 aliphatic carbocycles. The smallest absolute Gasteiger partial charge is 0.0850 e. The molecule has 0 N–H and O–H groups in total. The minimum absolute atomic E-state index is 0.0314. The number of rotatable bonds is 2. The molecule has 1 radical (unpaired) electrons. The molecule has 1 atom stereocenters. The summed E-state index contributed by atoms with van der Waals surface area (Å²) in [6.07, 6.45) is 2.75. The van der Waals surface area contributed by atoms with Crippen molar-refractivity contribution in [1.29, 1.82) is 0 Å². The maximum absolute atomic E-state index is 10.2. The lowest BCUT2D eigenvalue weighted by Gasteiger charge is -2.17. The molecule has 9 heavy (non-hydrogen) atoms. The van der Waals surface area contributed by atoms with E-state index in [1.165, 1.54) is 0 Å². The van der Waals surface area contributed by atoms with E-state index in [4.69, 9.17) is 0 Å². The molecule has 0 bridgehead atoms. The Morgan fingerprint density at radius 2 is 2.56 bits per heavy atom. The molecule has 0 fully saturated rings. The summed E-state index contributed by atoms with van der Waals surface area (Å²) in [6.45, 7) is 0.0314. The molecule has 1 unspecified atom stereocenters. The van der Waals surface area contributed by atoms with Crippen LogP contribution in [0.15, 0.2) is 11.6 Å². The van der Waals surface area contributed by atoms with E-state index in [2.05, 4.69) is 4.90 Å². The van der Waals surface area contributed by atoms with Gasteiger partial charge >= 0.3 is 0 Å². The van der Waals surface area contributed by atoms with Crippen molar-refractivity contribution < 1.29 is 5.11 Å². The second kappa shape index (κ2) is 3.13. The van der Waals surface area contributed by atoms with Gasteiger partial charge in [0.1, 0.15) is 0 Å². The zero-order chi connectivity index (χ0) is 6.69. The van der Waals surface area contributed by atoms with Crippen molar-refractivity contribution in [2.45, 2.75) is 11.8 Å². The fraction of sp³-hybridized carbons (Fsp3) is 0.667. The van der Waals surface area contributed by atoms with Crippen LogP contribution in [0.5, 0.6) is 0 Å². The normalized spacial score (nSPS) is 25.6. The van der Waals surface area contributed by atoms with Crippen molar-refractivity contribution >= 4 is 11.8 Å². The summed E-state index contributed by atoms with van der Waals surface area (Å²) >= 11 is 1.72. The fourth-order valence-electron chi connectivity index (χ4n) is 0.786. The van der Waals surface area contributed by atoms with E-state index in [1.54, 1.807) is 11.8 Å². The molecule has 1 heterocycles. The van der Waals surface area contributed by atoms with Crippen LogP contribution in [0.25, 0.3) is 0 Å². The highest BCUT2D eigenvalue weighted by Crippen LogP contribution is 2.25. The quantitative estimate of drug-likeness (QED) is 0.582. The standard InChI is InChI=1S/C6H10NOS/c1-7-3-5-9-6(7)2-4-8/h3,5-6H,2,4H2,1H3. The van der Waals surface area contributed by atoms with Crippen molar-refractivity contribution in [2.24, 2.45) is 0 Å². The van der Waals surface area contributed by atoms with Gasteiger partial charge in [-0.2, -0.15) is 0 Å². The van der Waals surface area contributed by atoms with Gasteiger partial charge in [-0.1, -0.05) is 0 Å². The first-order valence-electron chi connectivity index (χ1n) is 2.97. The van der Waals surface area contributed by atoms with Gasteiger partial charge in [-0.25, -0.2) is 5.11 Å². The molecule has 3 heteroatoms. The highest BCUT2D eigenvalue weighted by molar-refractivity contribution is 8.02. The molecule has 1 rings (SSSR count). The molecule has 0 amide bonds. The molecule has 51 valence electrons. The Kier molecular flexibility index (Phi) is 2.42. The first-order chi connectivity index (χ1) is 4.34. The molecule has 0 spiro atoms. The molecule has 2 nitrogen and oxygen atoms in total. The summed E-state index contributed by atoms with van der Waals surface area (Å²) < 4.78 is 0. The molecule has 0 saturated carbocycles. The van der Waals surface area contributed by atoms with Crippen LogP contribution in [-0.4, -0.2) is 23.9 Å². The van der Waals surface area contributed by atoms with Gasteiger partial charge in [0.2, 0.25) is 0 Å². The highest BCUT2D eigenvalue weighted by atomic mass is 32.2. The van der Waals surface area contributed by atoms with E-state index in [1.807, 2.05) is 18.7 Å². The molecular formula is C6H10NOS. The Labute approximate surface area is 59.5 Å². The molecular weight excluding hydrogens is 134 g/mol. The number of thioether (sulfide) groups is 1. The summed E-state index contributed by atoms with van der Waals surface area (Å²) in [5.74, 6) is 0. The average molecular weight is 144 g/mol. The minimum atomic E-state index is 0.0314. The Balaban J connectivity index is 2.28. The van der Waals surface area contributed by atoms with Crippen LogP contribution in [0.4, 0.5) is 0 Å². The molecule has 0 saturated heterocycles. The van der Waals surface area contributed by atoms with Crippen LogP contribution < -0.4 is 0 Å². The molecule has 0 aromatic rings. The molecule has 1 aliphatic heterocycles. The molecule has 1 aliphatic rings. The third-order valence-corrected chi connectivity index (χ3v) is 2.51. The van der Waals surface area contributed by atoms with Gasteiger partial charge in [0.15, 0.2) is 0 Å². The van der Waals surface area contributed by atoms with Crippen molar-refractivity contribution in [1.82, 2.24) is 4.90 Å². The van der Waals surface area contributed by atoms with Gasteiger partial charge in [-0.05, 0) is 5.41 Å². The zero-order valence-corrected chi connectivity index (χ0v) is 6.23. The van der Waals surface area contributed by atoms with Crippen molar-refractivity contribution in [2.75, 3.05) is 13.7 Å². The van der Waals surface area contributed by atoms with E-state index in [9.17, 15) is 5.11 Å². The van der Waals surface area contributed by atoms with E-state index < -0.39 is 0 Å². The second-order valence-corrected chi connectivity index (χ2v) is 3.12. The Morgan fingerprint density at radius 1 is 1.78 bits per heavy atom. The topological polar surface area (TPSA) is 23.1 Å². The lowest BCUT2D eigenvalue weighted by molar-refractivity contribution is 0.176. The Morgan fingerprint density at radius 3 is 3.00 bits per heavy atom. The van der Waals surface area contributed by atoms with Crippen LogP contribution in [0.1, 0.15) is 6.42 Å². The summed E-state index contributed by atoms with van der Waals surface area (Å²) in [4.78, 5) is 2.07. The van der Waals surface area contributed by atoms with Gasteiger partial charge in [0.05, 0.1) is 12.0 Å². The SMILES string of the molecule is CN1C=CSC1CC[O]. The monoisotopic (exact) mass is 144 g/mol. The van der Waals surface area contributed by atoms with Crippen molar-refractivity contribution in [3.8, 4) is 0 Å². The predicted octanol–water partition coefficient (Wildman–Crippen LogP) is 1.28. The van der Waals surface area contributed by atoms with Crippen molar-refractivity contribution in [3.63, 3.8) is 0 Å². The van der Waals surface area contributed by atoms with Gasteiger partial charge in [-0.15, -0.1) is 11.8 Å². The van der Waals surface area contributed by atoms with E-state index in [0.29, 0.717) is 5.37 Å². The zero-order valence-electron chi connectivity index (χ0n) is 5.41. The second-order valence-electron chi connectivity index (χ2n) is 2.03. The van der Waals surface area contributed by atoms with E-state index >= 15 is 0 Å². The van der Waals surface area contributed by atoms with Crippen LogP contribution in [-0.2, 0) is 5.11 Å². The summed E-state index contributed by atoms with van der Waals surface area (Å²) in [5.41, 5.74) is 0. The van der Waals surface area contributed by atoms with Crippen LogP contribution in [0.2, 0.25) is 0 Å². The van der Waals surface area contributed by atoms with E-state index in [-0.39, 0.29) is 6.61 Å². The number of nitrogens with zero attached hydrogens (tertiary/aromatic N) is 1. The summed E-state index contributed by atoms with van der Waals surface area (Å²) in [5, 5.41) is 12.6. The van der Waals surface area contributed by atoms with Gasteiger partial charge < -0.3 is 4.90 Å². The third kappa shape index (κ3) is 1.63. The van der Waals surface area contributed by atoms with Gasteiger partial charge in [-0.3, -0.25) is 0 Å². The maximum Gasteiger partial charge on any atom is 0.0850 e. The van der Waals surface area contributed by atoms with E-state index in [0.717, 1.165) is 6.42 Å². The van der Waals surface area contributed by atoms with Crippen LogP contribution >= 0.6 is 11.8 Å². The average Bonchev–Trinajstić information content (AvgIpc) is 2.18. The van der Waals surface area contributed by atoms with Gasteiger partial charge in [0, 0.05) is 19.7 Å². The lowest BCUT2D eigenvalue weighted by atomic mass is 10.4. The number of hydrogen-bond donors (Lipinski definition) is 0. The first kappa shape index (κ1) is 6.96. The minimum Gasteiger partial charge on any atom is -0.368 e. The highest BCUT2D eigenvalue weighted by Gasteiger charge is 2.14. The Bertz CT molecular complexity index is 116. The molecule has 0 aromatic carbocycles. The fourth-order valence-corrected chi connectivity index (χ4v) is 1.72. The molecule has 0 aromatic heterocycles. The van der Waals surface area contributed by atoms with Gasteiger partial charge in [0.25, 0.3) is 0 Å². The largest absolute Gasteiger partial charge is 0.368 e. The predicted molar refractivity (Wildman–Crippen MR) is 38.5 cm³/mol. The third-order valence-electron chi connectivity index (χ3n) is 1.35. The Hall–Kier alpha value is -0.150. The summed E-state index contributed by atoms with van der Waals surface area (Å²) in [7, 11) is 2.00. The maximum atomic E-state index is 10.2. The number of hydrogen-bond acceptors (Lipinski definition) is 2. The van der Waals surface area contributed by atoms with Crippen LogP contribution in [0, 0.1) is 0 Å². The summed E-state index contributed by atoms with van der Waals surface area (Å²) in [6, 6.07) is 0. The van der Waals surface area contributed by atoms with Crippen LogP contribution in [0.3, 0.4) is 0 Å². The van der Waals surface area contributed by atoms with Crippen molar-refractivity contribution in [3.05, 3.63) is 11.6 Å².